The molecule has 18 heavy (non-hydrogen) atoms. The molecular formula is C13H13ClN4. The molecule has 4 nitrogen and oxygen atoms in total. The Morgan fingerprint density at radius 2 is 2.28 bits per heavy atom. The van der Waals surface area contributed by atoms with Gasteiger partial charge in [-0.2, -0.15) is 5.26 Å². The van der Waals surface area contributed by atoms with Crippen molar-refractivity contribution in [2.75, 3.05) is 0 Å². The second-order valence-corrected chi connectivity index (χ2v) is 4.45. The van der Waals surface area contributed by atoms with Crippen molar-refractivity contribution in [3.8, 4) is 17.3 Å². The minimum Gasteiger partial charge on any atom is -0.337 e. The van der Waals surface area contributed by atoms with Gasteiger partial charge in [-0.1, -0.05) is 11.6 Å². The van der Waals surface area contributed by atoms with Crippen molar-refractivity contribution < 1.29 is 0 Å². The molecule has 0 aromatic carbocycles. The molecule has 5 heteroatoms. The average molecular weight is 261 g/mol. The predicted molar refractivity (Wildman–Crippen MR) is 70.1 cm³/mol. The van der Waals surface area contributed by atoms with Crippen LogP contribution in [0, 0.1) is 18.3 Å². The normalized spacial score (nSPS) is 10.3. The third-order valence-corrected chi connectivity index (χ3v) is 3.04. The van der Waals surface area contributed by atoms with Gasteiger partial charge < -0.3 is 4.57 Å². The van der Waals surface area contributed by atoms with Gasteiger partial charge in [0.05, 0.1) is 18.1 Å². The summed E-state index contributed by atoms with van der Waals surface area (Å²) in [4.78, 5) is 8.45. The van der Waals surface area contributed by atoms with Gasteiger partial charge in [0.1, 0.15) is 5.15 Å². The van der Waals surface area contributed by atoms with Crippen LogP contribution in [0.4, 0.5) is 0 Å². The van der Waals surface area contributed by atoms with E-state index in [1.54, 1.807) is 12.5 Å². The summed E-state index contributed by atoms with van der Waals surface area (Å²) >= 11 is 5.89. The second kappa shape index (κ2) is 5.65. The van der Waals surface area contributed by atoms with Crippen molar-refractivity contribution in [2.45, 2.75) is 26.3 Å². The van der Waals surface area contributed by atoms with Gasteiger partial charge in [-0.25, -0.2) is 9.97 Å². The number of aryl methyl sites for hydroxylation is 2. The van der Waals surface area contributed by atoms with Crippen molar-refractivity contribution in [3.63, 3.8) is 0 Å². The molecule has 0 aliphatic rings. The van der Waals surface area contributed by atoms with Crippen LogP contribution in [0.1, 0.15) is 18.4 Å². The summed E-state index contributed by atoms with van der Waals surface area (Å²) in [7, 11) is 0. The van der Waals surface area contributed by atoms with E-state index in [0.29, 0.717) is 11.6 Å². The fourth-order valence-corrected chi connectivity index (χ4v) is 1.77. The van der Waals surface area contributed by atoms with Crippen LogP contribution in [-0.2, 0) is 6.54 Å². The minimum atomic E-state index is 0.521. The lowest BCUT2D eigenvalue weighted by Crippen LogP contribution is -1.93. The number of imidazole rings is 1. The fraction of sp³-hybridized carbons (Fsp3) is 0.308. The topological polar surface area (TPSA) is 54.5 Å². The van der Waals surface area contributed by atoms with Gasteiger partial charge in [-0.3, -0.25) is 0 Å². The van der Waals surface area contributed by atoms with E-state index >= 15 is 0 Å². The first-order valence-electron chi connectivity index (χ1n) is 5.72. The number of pyridine rings is 1. The van der Waals surface area contributed by atoms with Gasteiger partial charge in [0.15, 0.2) is 0 Å². The quantitative estimate of drug-likeness (QED) is 0.627. The first-order chi connectivity index (χ1) is 8.70. The molecule has 2 aromatic heterocycles. The number of unbranched alkanes of at least 4 members (excludes halogenated alkanes) is 1. The second-order valence-electron chi connectivity index (χ2n) is 4.09. The Labute approximate surface area is 111 Å². The van der Waals surface area contributed by atoms with Crippen LogP contribution in [-0.4, -0.2) is 14.5 Å². The zero-order chi connectivity index (χ0) is 13.0. The molecule has 0 radical (unpaired) electrons. The third-order valence-electron chi connectivity index (χ3n) is 2.65. The van der Waals surface area contributed by atoms with Crippen LogP contribution in [0.2, 0.25) is 5.15 Å². The summed E-state index contributed by atoms with van der Waals surface area (Å²) in [5, 5.41) is 9.01. The third kappa shape index (κ3) is 2.88. The minimum absolute atomic E-state index is 0.521. The first kappa shape index (κ1) is 12.6. The Hall–Kier alpha value is -1.86. The molecule has 0 atom stereocenters. The summed E-state index contributed by atoms with van der Waals surface area (Å²) in [5.74, 6) is 0. The lowest BCUT2D eigenvalue weighted by Gasteiger charge is -2.00. The van der Waals surface area contributed by atoms with Crippen LogP contribution in [0.15, 0.2) is 24.8 Å². The number of nitriles is 1. The summed E-state index contributed by atoms with van der Waals surface area (Å²) in [5.41, 5.74) is 2.77. The Bertz CT molecular complexity index is 583. The van der Waals surface area contributed by atoms with E-state index in [-0.39, 0.29) is 0 Å². The van der Waals surface area contributed by atoms with Crippen molar-refractivity contribution in [1.29, 1.82) is 5.26 Å². The van der Waals surface area contributed by atoms with E-state index in [9.17, 15) is 0 Å². The van der Waals surface area contributed by atoms with E-state index in [4.69, 9.17) is 16.9 Å². The van der Waals surface area contributed by atoms with Gasteiger partial charge >= 0.3 is 0 Å². The smallest absolute Gasteiger partial charge is 0.131 e. The lowest BCUT2D eigenvalue weighted by atomic mass is 10.2. The molecule has 0 amide bonds. The van der Waals surface area contributed by atoms with Crippen LogP contribution in [0.25, 0.3) is 11.3 Å². The van der Waals surface area contributed by atoms with E-state index < -0.39 is 0 Å². The summed E-state index contributed by atoms with van der Waals surface area (Å²) < 4.78 is 1.98. The molecule has 0 bridgehead atoms. The van der Waals surface area contributed by atoms with Crippen molar-refractivity contribution in [1.82, 2.24) is 14.5 Å². The maximum Gasteiger partial charge on any atom is 0.131 e. The van der Waals surface area contributed by atoms with Crippen LogP contribution in [0.3, 0.4) is 0 Å². The first-order valence-corrected chi connectivity index (χ1v) is 6.10. The van der Waals surface area contributed by atoms with E-state index in [0.717, 1.165) is 29.8 Å². The van der Waals surface area contributed by atoms with Gasteiger partial charge in [-0.05, 0) is 25.0 Å². The molecule has 2 aromatic rings. The van der Waals surface area contributed by atoms with Gasteiger partial charge in [0.2, 0.25) is 0 Å². The largest absolute Gasteiger partial charge is 0.337 e. The van der Waals surface area contributed by atoms with Crippen LogP contribution >= 0.6 is 11.6 Å². The van der Waals surface area contributed by atoms with Crippen molar-refractivity contribution in [3.05, 3.63) is 35.5 Å². The maximum atomic E-state index is 8.49. The molecule has 0 saturated heterocycles. The van der Waals surface area contributed by atoms with Crippen molar-refractivity contribution >= 4 is 11.6 Å². The molecule has 0 N–H and O–H groups in total. The Morgan fingerprint density at radius 1 is 1.44 bits per heavy atom. The van der Waals surface area contributed by atoms with E-state index in [2.05, 4.69) is 16.0 Å². The zero-order valence-electron chi connectivity index (χ0n) is 10.1. The van der Waals surface area contributed by atoms with Crippen molar-refractivity contribution in [2.24, 2.45) is 0 Å². The molecule has 2 heterocycles. The molecule has 0 aliphatic carbocycles. The number of hydrogen-bond acceptors (Lipinski definition) is 3. The monoisotopic (exact) mass is 260 g/mol. The molecule has 2 rings (SSSR count). The Balaban J connectivity index is 2.14. The molecule has 92 valence electrons. The van der Waals surface area contributed by atoms with Crippen LogP contribution < -0.4 is 0 Å². The molecule has 0 spiro atoms. The maximum absolute atomic E-state index is 8.49. The highest BCUT2D eigenvalue weighted by Crippen LogP contribution is 2.21. The average Bonchev–Trinajstić information content (AvgIpc) is 2.82. The van der Waals surface area contributed by atoms with E-state index in [1.807, 2.05) is 23.8 Å². The van der Waals surface area contributed by atoms with Gasteiger partial charge in [0.25, 0.3) is 0 Å². The molecule has 0 saturated carbocycles. The number of aromatic nitrogens is 3. The SMILES string of the molecule is Cc1cc(-c2cn(CCCC#N)cn2)cnc1Cl. The highest BCUT2D eigenvalue weighted by Gasteiger charge is 2.05. The Morgan fingerprint density at radius 3 is 3.00 bits per heavy atom. The number of rotatable bonds is 4. The van der Waals surface area contributed by atoms with Gasteiger partial charge in [-0.15, -0.1) is 0 Å². The number of nitrogens with zero attached hydrogens (tertiary/aromatic N) is 4. The molecule has 0 aliphatic heterocycles. The molecular weight excluding hydrogens is 248 g/mol. The summed E-state index contributed by atoms with van der Waals surface area (Å²) in [6.07, 6.45) is 6.86. The fourth-order valence-electron chi connectivity index (χ4n) is 1.67. The summed E-state index contributed by atoms with van der Waals surface area (Å²) in [6, 6.07) is 4.10. The number of halogens is 1. The number of hydrogen-bond donors (Lipinski definition) is 0. The lowest BCUT2D eigenvalue weighted by molar-refractivity contribution is 0.653. The predicted octanol–water partition coefficient (Wildman–Crippen LogP) is 3.21. The highest BCUT2D eigenvalue weighted by atomic mass is 35.5. The standard InChI is InChI=1S/C13H13ClN4/c1-10-6-11(7-16-13(10)14)12-8-18(9-17-12)5-3-2-4-15/h6-9H,2-3,5H2,1H3. The highest BCUT2D eigenvalue weighted by molar-refractivity contribution is 6.30. The van der Waals surface area contributed by atoms with Crippen LogP contribution in [0.5, 0.6) is 0 Å². The molecule has 0 unspecified atom stereocenters. The van der Waals surface area contributed by atoms with Gasteiger partial charge in [0, 0.05) is 30.9 Å². The Kier molecular flexibility index (Phi) is 3.96. The molecule has 0 fully saturated rings. The zero-order valence-corrected chi connectivity index (χ0v) is 10.9. The summed E-state index contributed by atoms with van der Waals surface area (Å²) in [6.45, 7) is 2.73. The van der Waals surface area contributed by atoms with E-state index in [1.165, 1.54) is 0 Å².